The Kier molecular flexibility index (Phi) is 6.65. The van der Waals surface area contributed by atoms with E-state index in [1.807, 2.05) is 0 Å². The molecule has 1 aromatic heterocycles. The first-order chi connectivity index (χ1) is 9.81. The highest BCUT2D eigenvalue weighted by atomic mass is 14.9. The fourth-order valence-electron chi connectivity index (χ4n) is 3.34. The molecule has 0 spiro atoms. The zero-order chi connectivity index (χ0) is 14.2. The van der Waals surface area contributed by atoms with Crippen molar-refractivity contribution < 1.29 is 0 Å². The van der Waals surface area contributed by atoms with Crippen molar-refractivity contribution in [3.05, 3.63) is 23.5 Å². The highest BCUT2D eigenvalue weighted by Crippen LogP contribution is 2.28. The van der Waals surface area contributed by atoms with Crippen molar-refractivity contribution in [1.29, 1.82) is 0 Å². The highest BCUT2D eigenvalue weighted by Gasteiger charge is 2.18. The quantitative estimate of drug-likeness (QED) is 0.635. The molecule has 0 fully saturated rings. The first-order valence-electron chi connectivity index (χ1n) is 8.75. The number of hydrogen-bond acceptors (Lipinski definition) is 1. The monoisotopic (exact) mass is 276 g/mol. The normalized spacial score (nSPS) is 18.2. The molecule has 2 heteroatoms. The first kappa shape index (κ1) is 15.6. The number of aromatic nitrogens is 1. The molecule has 1 atom stereocenters. The van der Waals surface area contributed by atoms with Crippen molar-refractivity contribution in [2.24, 2.45) is 5.73 Å². The molecular formula is C18H32N2. The third-order valence-corrected chi connectivity index (χ3v) is 4.63. The van der Waals surface area contributed by atoms with Gasteiger partial charge in [0.15, 0.2) is 0 Å². The molecular weight excluding hydrogens is 244 g/mol. The topological polar surface area (TPSA) is 30.9 Å². The van der Waals surface area contributed by atoms with Gasteiger partial charge in [0.1, 0.15) is 0 Å². The summed E-state index contributed by atoms with van der Waals surface area (Å²) < 4.78 is 2.38. The third kappa shape index (κ3) is 4.66. The average molecular weight is 276 g/mol. The fraction of sp³-hybridized carbons (Fsp3) is 0.778. The summed E-state index contributed by atoms with van der Waals surface area (Å²) in [6.45, 7) is 3.46. The maximum atomic E-state index is 6.18. The Morgan fingerprint density at radius 3 is 2.45 bits per heavy atom. The van der Waals surface area contributed by atoms with Crippen molar-refractivity contribution in [3.63, 3.8) is 0 Å². The molecule has 0 saturated heterocycles. The van der Waals surface area contributed by atoms with E-state index in [9.17, 15) is 0 Å². The molecule has 114 valence electrons. The molecule has 20 heavy (non-hydrogen) atoms. The number of hydrogen-bond donors (Lipinski definition) is 1. The summed E-state index contributed by atoms with van der Waals surface area (Å²) in [5.41, 5.74) is 9.10. The van der Waals surface area contributed by atoms with Crippen LogP contribution in [0.5, 0.6) is 0 Å². The van der Waals surface area contributed by atoms with Crippen LogP contribution in [0.1, 0.15) is 88.3 Å². The summed E-state index contributed by atoms with van der Waals surface area (Å²) >= 11 is 0. The second-order valence-corrected chi connectivity index (χ2v) is 6.45. The Labute approximate surface area is 124 Å². The van der Waals surface area contributed by atoms with Gasteiger partial charge in [-0.15, -0.1) is 0 Å². The summed E-state index contributed by atoms with van der Waals surface area (Å²) in [5.74, 6) is 0. The third-order valence-electron chi connectivity index (χ3n) is 4.63. The number of unbranched alkanes of at least 4 members (excludes halogenated alkanes) is 7. The van der Waals surface area contributed by atoms with Crippen LogP contribution in [0.15, 0.2) is 12.4 Å². The SMILES string of the molecule is CCCCCCCCCCn1cc2c(c1)C(N)CCC2. The molecule has 2 nitrogen and oxygen atoms in total. The van der Waals surface area contributed by atoms with Crippen LogP contribution >= 0.6 is 0 Å². The Bertz CT molecular complexity index is 381. The molecule has 0 amide bonds. The second kappa shape index (κ2) is 8.51. The van der Waals surface area contributed by atoms with Gasteiger partial charge in [-0.3, -0.25) is 0 Å². The van der Waals surface area contributed by atoms with E-state index in [4.69, 9.17) is 5.73 Å². The summed E-state index contributed by atoms with van der Waals surface area (Å²) in [6.07, 6.45) is 19.4. The number of aryl methyl sites for hydroxylation is 2. The lowest BCUT2D eigenvalue weighted by atomic mass is 9.92. The lowest BCUT2D eigenvalue weighted by Gasteiger charge is -2.17. The van der Waals surface area contributed by atoms with E-state index in [1.54, 1.807) is 0 Å². The smallest absolute Gasteiger partial charge is 0.0312 e. The molecule has 0 radical (unpaired) electrons. The predicted octanol–water partition coefficient (Wildman–Crippen LogP) is 4.96. The van der Waals surface area contributed by atoms with Gasteiger partial charge in [0.25, 0.3) is 0 Å². The van der Waals surface area contributed by atoms with Crippen molar-refractivity contribution >= 4 is 0 Å². The van der Waals surface area contributed by atoms with Crippen LogP contribution in [-0.2, 0) is 13.0 Å². The average Bonchev–Trinajstić information content (AvgIpc) is 2.86. The van der Waals surface area contributed by atoms with Gasteiger partial charge in [0.2, 0.25) is 0 Å². The van der Waals surface area contributed by atoms with Crippen molar-refractivity contribution in [2.75, 3.05) is 0 Å². The molecule has 0 bridgehead atoms. The van der Waals surface area contributed by atoms with E-state index in [1.165, 1.54) is 81.9 Å². The van der Waals surface area contributed by atoms with Gasteiger partial charge in [0.05, 0.1) is 0 Å². The molecule has 2 rings (SSSR count). The molecule has 1 aromatic rings. The number of fused-ring (bicyclic) bond motifs is 1. The lowest BCUT2D eigenvalue weighted by molar-refractivity contribution is 0.543. The number of nitrogens with two attached hydrogens (primary N) is 1. The Balaban J connectivity index is 1.60. The van der Waals surface area contributed by atoms with E-state index in [-0.39, 0.29) is 0 Å². The summed E-state index contributed by atoms with van der Waals surface area (Å²) in [5, 5.41) is 0. The molecule has 2 N–H and O–H groups in total. The molecule has 0 aromatic carbocycles. The van der Waals surface area contributed by atoms with Crippen LogP contribution in [0, 0.1) is 0 Å². The minimum Gasteiger partial charge on any atom is -0.354 e. The van der Waals surface area contributed by atoms with Crippen LogP contribution in [0.3, 0.4) is 0 Å². The lowest BCUT2D eigenvalue weighted by Crippen LogP contribution is -2.15. The first-order valence-corrected chi connectivity index (χ1v) is 8.75. The van der Waals surface area contributed by atoms with Crippen LogP contribution < -0.4 is 5.73 Å². The van der Waals surface area contributed by atoms with E-state index in [0.717, 1.165) is 6.42 Å². The Hall–Kier alpha value is -0.760. The number of rotatable bonds is 9. The molecule has 1 heterocycles. The zero-order valence-corrected chi connectivity index (χ0v) is 13.2. The maximum Gasteiger partial charge on any atom is 0.0312 e. The summed E-state index contributed by atoms with van der Waals surface area (Å²) in [7, 11) is 0. The molecule has 1 unspecified atom stereocenters. The van der Waals surface area contributed by atoms with Crippen LogP contribution in [0.25, 0.3) is 0 Å². The number of nitrogens with zero attached hydrogens (tertiary/aromatic N) is 1. The van der Waals surface area contributed by atoms with Gasteiger partial charge < -0.3 is 10.3 Å². The summed E-state index contributed by atoms with van der Waals surface area (Å²) in [6, 6.07) is 0.290. The van der Waals surface area contributed by atoms with Gasteiger partial charge in [-0.05, 0) is 36.8 Å². The standard InChI is InChI=1S/C18H32N2/c1-2-3-4-5-6-7-8-9-13-20-14-16-11-10-12-18(19)17(16)15-20/h14-15,18H,2-13,19H2,1H3. The van der Waals surface area contributed by atoms with E-state index >= 15 is 0 Å². The maximum absolute atomic E-state index is 6.18. The molecule has 1 aliphatic rings. The van der Waals surface area contributed by atoms with E-state index in [0.29, 0.717) is 6.04 Å². The van der Waals surface area contributed by atoms with Gasteiger partial charge in [-0.2, -0.15) is 0 Å². The highest BCUT2D eigenvalue weighted by molar-refractivity contribution is 5.29. The predicted molar refractivity (Wildman–Crippen MR) is 86.9 cm³/mol. The van der Waals surface area contributed by atoms with Crippen LogP contribution in [0.2, 0.25) is 0 Å². The van der Waals surface area contributed by atoms with E-state index in [2.05, 4.69) is 23.9 Å². The Morgan fingerprint density at radius 2 is 1.75 bits per heavy atom. The van der Waals surface area contributed by atoms with Crippen LogP contribution in [0.4, 0.5) is 0 Å². The van der Waals surface area contributed by atoms with Gasteiger partial charge in [0, 0.05) is 25.0 Å². The zero-order valence-electron chi connectivity index (χ0n) is 13.2. The minimum atomic E-state index is 0.290. The van der Waals surface area contributed by atoms with E-state index < -0.39 is 0 Å². The largest absolute Gasteiger partial charge is 0.354 e. The van der Waals surface area contributed by atoms with Crippen molar-refractivity contribution in [3.8, 4) is 0 Å². The molecule has 0 saturated carbocycles. The van der Waals surface area contributed by atoms with Crippen molar-refractivity contribution in [2.45, 2.75) is 90.1 Å². The molecule has 0 aliphatic heterocycles. The van der Waals surface area contributed by atoms with Crippen molar-refractivity contribution in [1.82, 2.24) is 4.57 Å². The second-order valence-electron chi connectivity index (χ2n) is 6.45. The van der Waals surface area contributed by atoms with Crippen LogP contribution in [-0.4, -0.2) is 4.57 Å². The van der Waals surface area contributed by atoms with Gasteiger partial charge in [-0.1, -0.05) is 51.9 Å². The molecule has 1 aliphatic carbocycles. The van der Waals surface area contributed by atoms with Gasteiger partial charge >= 0.3 is 0 Å². The van der Waals surface area contributed by atoms with Gasteiger partial charge in [-0.25, -0.2) is 0 Å². The summed E-state index contributed by atoms with van der Waals surface area (Å²) in [4.78, 5) is 0. The fourth-order valence-corrected chi connectivity index (χ4v) is 3.34. The minimum absolute atomic E-state index is 0.290. The Morgan fingerprint density at radius 1 is 1.05 bits per heavy atom.